The number of carbonyl (C=O) groups excluding carboxylic acids is 2. The van der Waals surface area contributed by atoms with E-state index in [2.05, 4.69) is 10.3 Å². The molecule has 1 aromatic heterocycles. The third-order valence-electron chi connectivity index (χ3n) is 4.03. The molecule has 3 rings (SSSR count). The van der Waals surface area contributed by atoms with Crippen LogP contribution in [-0.4, -0.2) is 28.7 Å². The van der Waals surface area contributed by atoms with Gasteiger partial charge < -0.3 is 10.2 Å². The maximum Gasteiger partial charge on any atom is 0.231 e. The summed E-state index contributed by atoms with van der Waals surface area (Å²) in [4.78, 5) is 30.1. The molecule has 2 aromatic rings. The van der Waals surface area contributed by atoms with Gasteiger partial charge in [-0.15, -0.1) is 0 Å². The molecule has 0 radical (unpaired) electrons. The average Bonchev–Trinajstić information content (AvgIpc) is 2.84. The van der Waals surface area contributed by atoms with E-state index in [1.54, 1.807) is 43.6 Å². The van der Waals surface area contributed by atoms with Gasteiger partial charge in [-0.25, -0.2) is 9.37 Å². The highest BCUT2D eigenvalue weighted by Gasteiger charge is 2.42. The Labute approximate surface area is 133 Å². The van der Waals surface area contributed by atoms with E-state index in [0.717, 1.165) is 0 Å². The molecule has 23 heavy (non-hydrogen) atoms. The van der Waals surface area contributed by atoms with Gasteiger partial charge in [0.2, 0.25) is 11.8 Å². The average molecular weight is 313 g/mol. The SMILES string of the molecule is CN1C(=O)C[C@H](C(=O)Nc2ccccn2)[C@H]1c1cccc(F)c1. The third-order valence-corrected chi connectivity index (χ3v) is 4.03. The van der Waals surface area contributed by atoms with E-state index in [9.17, 15) is 14.0 Å². The molecular weight excluding hydrogens is 297 g/mol. The number of aromatic nitrogens is 1. The monoisotopic (exact) mass is 313 g/mol. The highest BCUT2D eigenvalue weighted by Crippen LogP contribution is 2.37. The van der Waals surface area contributed by atoms with Crippen LogP contribution in [0.3, 0.4) is 0 Å². The van der Waals surface area contributed by atoms with Crippen molar-refractivity contribution in [2.45, 2.75) is 12.5 Å². The summed E-state index contributed by atoms with van der Waals surface area (Å²) in [7, 11) is 1.63. The summed E-state index contributed by atoms with van der Waals surface area (Å²) in [5.41, 5.74) is 0.611. The standard InChI is InChI=1S/C17H16FN3O2/c1-21-15(22)10-13(16(21)11-5-4-6-12(18)9-11)17(23)20-14-7-2-3-8-19-14/h2-9,13,16H,10H2,1H3,(H,19,20,23)/t13-,16+/m0/s1. The largest absolute Gasteiger partial charge is 0.338 e. The first kappa shape index (κ1) is 15.1. The number of carbonyl (C=O) groups is 2. The number of likely N-dealkylation sites (tertiary alicyclic amines) is 1. The number of anilines is 1. The van der Waals surface area contributed by atoms with E-state index in [0.29, 0.717) is 11.4 Å². The maximum atomic E-state index is 13.5. The number of rotatable bonds is 3. The predicted molar refractivity (Wildman–Crippen MR) is 82.9 cm³/mol. The van der Waals surface area contributed by atoms with Gasteiger partial charge in [-0.1, -0.05) is 18.2 Å². The number of nitrogens with one attached hydrogen (secondary N) is 1. The fraction of sp³-hybridized carbons (Fsp3) is 0.235. The zero-order valence-corrected chi connectivity index (χ0v) is 12.6. The minimum Gasteiger partial charge on any atom is -0.338 e. The van der Waals surface area contributed by atoms with Crippen LogP contribution < -0.4 is 5.32 Å². The van der Waals surface area contributed by atoms with E-state index >= 15 is 0 Å². The lowest BCUT2D eigenvalue weighted by molar-refractivity contribution is -0.128. The van der Waals surface area contributed by atoms with E-state index in [4.69, 9.17) is 0 Å². The van der Waals surface area contributed by atoms with Gasteiger partial charge in [0.1, 0.15) is 11.6 Å². The van der Waals surface area contributed by atoms with Crippen molar-refractivity contribution in [1.29, 1.82) is 0 Å². The van der Waals surface area contributed by atoms with Gasteiger partial charge in [-0.3, -0.25) is 9.59 Å². The Hall–Kier alpha value is -2.76. The molecule has 1 aliphatic heterocycles. The van der Waals surface area contributed by atoms with Crippen molar-refractivity contribution in [3.8, 4) is 0 Å². The molecule has 1 aliphatic rings. The fourth-order valence-electron chi connectivity index (χ4n) is 2.91. The topological polar surface area (TPSA) is 62.3 Å². The number of benzene rings is 1. The molecule has 0 spiro atoms. The summed E-state index contributed by atoms with van der Waals surface area (Å²) >= 11 is 0. The molecule has 0 saturated carbocycles. The van der Waals surface area contributed by atoms with Gasteiger partial charge in [-0.2, -0.15) is 0 Å². The minimum absolute atomic E-state index is 0.0936. The zero-order chi connectivity index (χ0) is 16.4. The molecule has 1 fully saturated rings. The number of amides is 2. The minimum atomic E-state index is -0.587. The molecule has 0 aliphatic carbocycles. The van der Waals surface area contributed by atoms with Crippen molar-refractivity contribution >= 4 is 17.6 Å². The highest BCUT2D eigenvalue weighted by molar-refractivity contribution is 5.97. The van der Waals surface area contributed by atoms with Gasteiger partial charge in [0.15, 0.2) is 0 Å². The molecule has 1 N–H and O–H groups in total. The summed E-state index contributed by atoms with van der Waals surface area (Å²) in [6.45, 7) is 0. The van der Waals surface area contributed by atoms with Gasteiger partial charge in [0.25, 0.3) is 0 Å². The van der Waals surface area contributed by atoms with Crippen molar-refractivity contribution in [2.24, 2.45) is 5.92 Å². The molecule has 118 valence electrons. The van der Waals surface area contributed by atoms with Crippen molar-refractivity contribution in [3.05, 3.63) is 60.0 Å². The normalized spacial score (nSPS) is 20.6. The second kappa shape index (κ2) is 6.16. The van der Waals surface area contributed by atoms with Crippen LogP contribution in [0.15, 0.2) is 48.7 Å². The summed E-state index contributed by atoms with van der Waals surface area (Å²) in [5.74, 6) is -0.982. The second-order valence-electron chi connectivity index (χ2n) is 5.52. The van der Waals surface area contributed by atoms with Crippen molar-refractivity contribution in [1.82, 2.24) is 9.88 Å². The first-order chi connectivity index (χ1) is 11.1. The number of hydrogen-bond donors (Lipinski definition) is 1. The number of halogens is 1. The van der Waals surface area contributed by atoms with Crippen LogP contribution in [0.5, 0.6) is 0 Å². The highest BCUT2D eigenvalue weighted by atomic mass is 19.1. The molecule has 0 bridgehead atoms. The Morgan fingerprint density at radius 1 is 1.30 bits per heavy atom. The van der Waals surface area contributed by atoms with Crippen LogP contribution in [0.4, 0.5) is 10.2 Å². The molecule has 1 saturated heterocycles. The summed E-state index contributed by atoms with van der Waals surface area (Å²) < 4.78 is 13.5. The van der Waals surface area contributed by atoms with Crippen molar-refractivity contribution in [3.63, 3.8) is 0 Å². The van der Waals surface area contributed by atoms with E-state index in [1.807, 2.05) is 0 Å². The molecule has 0 unspecified atom stereocenters. The quantitative estimate of drug-likeness (QED) is 0.946. The molecule has 2 amide bonds. The first-order valence-corrected chi connectivity index (χ1v) is 7.29. The zero-order valence-electron chi connectivity index (χ0n) is 12.6. The van der Waals surface area contributed by atoms with Crippen LogP contribution >= 0.6 is 0 Å². The Kier molecular flexibility index (Phi) is 4.06. The van der Waals surface area contributed by atoms with Crippen LogP contribution in [0, 0.1) is 11.7 Å². The Balaban J connectivity index is 1.87. The fourth-order valence-corrected chi connectivity index (χ4v) is 2.91. The third kappa shape index (κ3) is 3.06. The molecule has 6 heteroatoms. The summed E-state index contributed by atoms with van der Waals surface area (Å²) in [6, 6.07) is 10.7. The van der Waals surface area contributed by atoms with Crippen LogP contribution in [0.25, 0.3) is 0 Å². The summed E-state index contributed by atoms with van der Waals surface area (Å²) in [6.07, 6.45) is 1.67. The maximum absolute atomic E-state index is 13.5. The lowest BCUT2D eigenvalue weighted by Crippen LogP contribution is -2.30. The molecule has 1 aromatic carbocycles. The van der Waals surface area contributed by atoms with Gasteiger partial charge in [0, 0.05) is 19.7 Å². The predicted octanol–water partition coefficient (Wildman–Crippen LogP) is 2.38. The van der Waals surface area contributed by atoms with E-state index in [-0.39, 0.29) is 24.1 Å². The van der Waals surface area contributed by atoms with E-state index in [1.165, 1.54) is 17.0 Å². The van der Waals surface area contributed by atoms with Crippen LogP contribution in [-0.2, 0) is 9.59 Å². The number of pyridine rings is 1. The van der Waals surface area contributed by atoms with Gasteiger partial charge in [0.05, 0.1) is 12.0 Å². The Morgan fingerprint density at radius 2 is 2.13 bits per heavy atom. The first-order valence-electron chi connectivity index (χ1n) is 7.29. The summed E-state index contributed by atoms with van der Waals surface area (Å²) in [5, 5.41) is 2.72. The van der Waals surface area contributed by atoms with Crippen LogP contribution in [0.2, 0.25) is 0 Å². The number of nitrogens with zero attached hydrogens (tertiary/aromatic N) is 2. The second-order valence-corrected chi connectivity index (χ2v) is 5.52. The Bertz CT molecular complexity index is 736. The van der Waals surface area contributed by atoms with E-state index < -0.39 is 12.0 Å². The lowest BCUT2D eigenvalue weighted by Gasteiger charge is -2.24. The lowest BCUT2D eigenvalue weighted by atomic mass is 9.93. The van der Waals surface area contributed by atoms with Crippen molar-refractivity contribution in [2.75, 3.05) is 12.4 Å². The molecular formula is C17H16FN3O2. The molecule has 2 heterocycles. The smallest absolute Gasteiger partial charge is 0.231 e. The van der Waals surface area contributed by atoms with Crippen molar-refractivity contribution < 1.29 is 14.0 Å². The van der Waals surface area contributed by atoms with Gasteiger partial charge >= 0.3 is 0 Å². The Morgan fingerprint density at radius 3 is 2.83 bits per heavy atom. The van der Waals surface area contributed by atoms with Crippen LogP contribution in [0.1, 0.15) is 18.0 Å². The van der Waals surface area contributed by atoms with Gasteiger partial charge in [-0.05, 0) is 29.8 Å². The molecule has 2 atom stereocenters. The number of hydrogen-bond acceptors (Lipinski definition) is 3. The molecule has 5 nitrogen and oxygen atoms in total.